The van der Waals surface area contributed by atoms with Gasteiger partial charge in [0.1, 0.15) is 5.82 Å². The molecule has 0 fully saturated rings. The zero-order valence-electron chi connectivity index (χ0n) is 10.2. The topological polar surface area (TPSA) is 71.4 Å². The monoisotopic (exact) mass is 294 g/mol. The molecular weight excluding hydrogens is 283 g/mol. The second-order valence-corrected chi connectivity index (χ2v) is 6.16. The largest absolute Gasteiger partial charge is 0.480 e. The van der Waals surface area contributed by atoms with E-state index < -0.39 is 26.9 Å². The van der Waals surface area contributed by atoms with Gasteiger partial charge in [0.2, 0.25) is 0 Å². The first kappa shape index (κ1) is 14.2. The van der Waals surface area contributed by atoms with Crippen LogP contribution in [0.2, 0.25) is 0 Å². The average Bonchev–Trinajstić information content (AvgIpc) is 2.39. The minimum atomic E-state index is -4.22. The van der Waals surface area contributed by atoms with Gasteiger partial charge in [-0.1, -0.05) is 36.4 Å². The van der Waals surface area contributed by atoms with Gasteiger partial charge in [0.15, 0.2) is 15.1 Å². The summed E-state index contributed by atoms with van der Waals surface area (Å²) in [5.74, 6) is -2.23. The van der Waals surface area contributed by atoms with E-state index in [1.165, 1.54) is 24.3 Å². The molecule has 0 spiro atoms. The maximum atomic E-state index is 13.2. The molecule has 0 aliphatic heterocycles. The van der Waals surface area contributed by atoms with Gasteiger partial charge in [-0.05, 0) is 23.8 Å². The third-order valence-electron chi connectivity index (χ3n) is 2.76. The molecule has 0 aliphatic carbocycles. The third-order valence-corrected chi connectivity index (χ3v) is 4.77. The molecule has 1 N–H and O–H groups in total. The number of aliphatic carboxylic acids is 1. The second kappa shape index (κ2) is 5.42. The highest BCUT2D eigenvalue weighted by Gasteiger charge is 2.35. The number of halogens is 1. The Bertz CT molecular complexity index is 726. The summed E-state index contributed by atoms with van der Waals surface area (Å²) in [5.41, 5.74) is 0.129. The summed E-state index contributed by atoms with van der Waals surface area (Å²) in [4.78, 5) is 11.0. The molecule has 2 aromatic carbocycles. The lowest BCUT2D eigenvalue weighted by Gasteiger charge is -2.14. The number of carboxylic acids is 1. The molecule has 1 unspecified atom stereocenters. The number of benzene rings is 2. The maximum Gasteiger partial charge on any atom is 0.326 e. The van der Waals surface area contributed by atoms with Crippen LogP contribution < -0.4 is 0 Å². The van der Waals surface area contributed by atoms with Crippen molar-refractivity contribution in [2.24, 2.45) is 0 Å². The van der Waals surface area contributed by atoms with Crippen LogP contribution in [0.4, 0.5) is 4.39 Å². The number of carbonyl (C=O) groups is 1. The Morgan fingerprint density at radius 2 is 1.70 bits per heavy atom. The van der Waals surface area contributed by atoms with Gasteiger partial charge in [-0.3, -0.25) is 4.79 Å². The van der Waals surface area contributed by atoms with E-state index in [1.807, 2.05) is 0 Å². The predicted octanol–water partition coefficient (Wildman–Crippen LogP) is 2.43. The van der Waals surface area contributed by atoms with E-state index in [-0.39, 0.29) is 10.5 Å². The van der Waals surface area contributed by atoms with Gasteiger partial charge < -0.3 is 5.11 Å². The van der Waals surface area contributed by atoms with Crippen molar-refractivity contribution in [2.45, 2.75) is 10.1 Å². The molecule has 0 aromatic heterocycles. The molecule has 0 heterocycles. The number of sulfone groups is 1. The van der Waals surface area contributed by atoms with E-state index in [2.05, 4.69) is 0 Å². The lowest BCUT2D eigenvalue weighted by molar-refractivity contribution is -0.136. The van der Waals surface area contributed by atoms with Gasteiger partial charge in [-0.15, -0.1) is 0 Å². The van der Waals surface area contributed by atoms with Gasteiger partial charge in [-0.2, -0.15) is 0 Å². The molecule has 20 heavy (non-hydrogen) atoms. The first-order chi connectivity index (χ1) is 9.43. The van der Waals surface area contributed by atoms with Crippen molar-refractivity contribution >= 4 is 15.8 Å². The van der Waals surface area contributed by atoms with Gasteiger partial charge in [0, 0.05) is 0 Å². The van der Waals surface area contributed by atoms with Crippen LogP contribution >= 0.6 is 0 Å². The minimum absolute atomic E-state index is 0.129. The summed E-state index contributed by atoms with van der Waals surface area (Å²) in [5, 5.41) is 7.46. The fourth-order valence-electron chi connectivity index (χ4n) is 1.86. The molecule has 1 atom stereocenters. The Morgan fingerprint density at radius 3 is 2.25 bits per heavy atom. The molecule has 0 saturated carbocycles. The summed E-state index contributed by atoms with van der Waals surface area (Å²) < 4.78 is 37.9. The van der Waals surface area contributed by atoms with E-state index >= 15 is 0 Å². The second-order valence-electron chi connectivity index (χ2n) is 4.13. The maximum absolute atomic E-state index is 13.2. The Hall–Kier alpha value is -2.21. The SMILES string of the molecule is O=C(O)C(c1ccccc1)S(=O)(=O)c1cccc(F)c1. The number of rotatable bonds is 4. The third kappa shape index (κ3) is 2.70. The van der Waals surface area contributed by atoms with Crippen molar-refractivity contribution in [3.05, 3.63) is 66.0 Å². The number of carboxylic acid groups (broad SMARTS) is 1. The van der Waals surface area contributed by atoms with Crippen molar-refractivity contribution in [2.75, 3.05) is 0 Å². The molecule has 6 heteroatoms. The Kier molecular flexibility index (Phi) is 3.85. The molecule has 0 radical (unpaired) electrons. The molecular formula is C14H11FO4S. The summed E-state index contributed by atoms with van der Waals surface area (Å²) in [6, 6.07) is 11.9. The summed E-state index contributed by atoms with van der Waals surface area (Å²) in [6.45, 7) is 0. The quantitative estimate of drug-likeness (QED) is 0.940. The van der Waals surface area contributed by atoms with Crippen LogP contribution in [0.3, 0.4) is 0 Å². The summed E-state index contributed by atoms with van der Waals surface area (Å²) in [6.07, 6.45) is 0. The van der Waals surface area contributed by atoms with E-state index in [0.717, 1.165) is 12.1 Å². The lowest BCUT2D eigenvalue weighted by atomic mass is 10.1. The van der Waals surface area contributed by atoms with Crippen LogP contribution in [-0.2, 0) is 14.6 Å². The fraction of sp³-hybridized carbons (Fsp3) is 0.0714. The molecule has 0 saturated heterocycles. The van der Waals surface area contributed by atoms with Crippen molar-refractivity contribution in [3.8, 4) is 0 Å². The van der Waals surface area contributed by atoms with Gasteiger partial charge in [0.25, 0.3) is 0 Å². The van der Waals surface area contributed by atoms with E-state index in [9.17, 15) is 22.7 Å². The minimum Gasteiger partial charge on any atom is -0.480 e. The fourth-order valence-corrected chi connectivity index (χ4v) is 3.46. The number of hydrogen-bond acceptors (Lipinski definition) is 3. The molecule has 2 rings (SSSR count). The zero-order valence-corrected chi connectivity index (χ0v) is 11.0. The van der Waals surface area contributed by atoms with E-state index in [0.29, 0.717) is 0 Å². The molecule has 0 aliphatic rings. The molecule has 0 amide bonds. The average molecular weight is 294 g/mol. The number of hydrogen-bond donors (Lipinski definition) is 1. The summed E-state index contributed by atoms with van der Waals surface area (Å²) >= 11 is 0. The van der Waals surface area contributed by atoms with E-state index in [1.54, 1.807) is 18.2 Å². The highest BCUT2D eigenvalue weighted by Crippen LogP contribution is 2.29. The predicted molar refractivity (Wildman–Crippen MR) is 70.4 cm³/mol. The van der Waals surface area contributed by atoms with Gasteiger partial charge >= 0.3 is 5.97 Å². The van der Waals surface area contributed by atoms with Crippen LogP contribution in [0, 0.1) is 5.82 Å². The van der Waals surface area contributed by atoms with E-state index in [4.69, 9.17) is 0 Å². The van der Waals surface area contributed by atoms with Crippen molar-refractivity contribution in [3.63, 3.8) is 0 Å². The lowest BCUT2D eigenvalue weighted by Crippen LogP contribution is -2.22. The van der Waals surface area contributed by atoms with Crippen molar-refractivity contribution < 1.29 is 22.7 Å². The Balaban J connectivity index is 2.57. The van der Waals surface area contributed by atoms with Crippen LogP contribution in [0.25, 0.3) is 0 Å². The van der Waals surface area contributed by atoms with Gasteiger partial charge in [-0.25, -0.2) is 12.8 Å². The van der Waals surface area contributed by atoms with Gasteiger partial charge in [0.05, 0.1) is 4.90 Å². The normalized spacial score (nSPS) is 12.8. The van der Waals surface area contributed by atoms with Crippen LogP contribution in [-0.4, -0.2) is 19.5 Å². The van der Waals surface area contributed by atoms with Crippen LogP contribution in [0.15, 0.2) is 59.5 Å². The molecule has 0 bridgehead atoms. The Morgan fingerprint density at radius 1 is 1.05 bits per heavy atom. The standard InChI is InChI=1S/C14H11FO4S/c15-11-7-4-8-12(9-11)20(18,19)13(14(16)17)10-5-2-1-3-6-10/h1-9,13H,(H,16,17). The van der Waals surface area contributed by atoms with Crippen LogP contribution in [0.1, 0.15) is 10.8 Å². The summed E-state index contributed by atoms with van der Waals surface area (Å²) in [7, 11) is -4.22. The highest BCUT2D eigenvalue weighted by atomic mass is 32.2. The first-order valence-electron chi connectivity index (χ1n) is 5.70. The first-order valence-corrected chi connectivity index (χ1v) is 7.25. The van der Waals surface area contributed by atoms with Crippen LogP contribution in [0.5, 0.6) is 0 Å². The highest BCUT2D eigenvalue weighted by molar-refractivity contribution is 7.92. The molecule has 104 valence electrons. The zero-order chi connectivity index (χ0) is 14.8. The molecule has 2 aromatic rings. The Labute approximate surface area is 115 Å². The van der Waals surface area contributed by atoms with Crippen molar-refractivity contribution in [1.29, 1.82) is 0 Å². The smallest absolute Gasteiger partial charge is 0.326 e. The van der Waals surface area contributed by atoms with Crippen molar-refractivity contribution in [1.82, 2.24) is 0 Å². The molecule has 4 nitrogen and oxygen atoms in total.